The molecular weight excluding hydrogens is 475 g/mol. The van der Waals surface area contributed by atoms with E-state index in [1.807, 2.05) is 0 Å². The first-order chi connectivity index (χ1) is 15.3. The van der Waals surface area contributed by atoms with Crippen molar-refractivity contribution >= 4 is 64.0 Å². The molecule has 3 aromatic rings. The van der Waals surface area contributed by atoms with Crippen LogP contribution in [0.4, 0.5) is 11.4 Å². The van der Waals surface area contributed by atoms with E-state index in [0.29, 0.717) is 27.2 Å². The number of rotatable bonds is 5. The van der Waals surface area contributed by atoms with Crippen LogP contribution in [0, 0.1) is 0 Å². The summed E-state index contributed by atoms with van der Waals surface area (Å²) in [6.07, 6.45) is 0. The van der Waals surface area contributed by atoms with Gasteiger partial charge >= 0.3 is 5.97 Å². The number of carbonyl (C=O) groups is 3. The number of carbonyl (C=O) groups excluding carboxylic acids is 3. The molecule has 0 aliphatic carbocycles. The lowest BCUT2D eigenvalue weighted by Gasteiger charge is -2.15. The number of hydrogen-bond acceptors (Lipinski definition) is 5. The SMILES string of the molecule is O=C(Oc1cccc(Cl)c1)c1ccc(NC2=C(Cl)C(=O)N(c3ccc(Cl)cc3)C2=O)cc1. The molecule has 6 nitrogen and oxygen atoms in total. The number of nitrogens with one attached hydrogen (secondary N) is 1. The Morgan fingerprint density at radius 2 is 1.50 bits per heavy atom. The summed E-state index contributed by atoms with van der Waals surface area (Å²) in [7, 11) is 0. The second kappa shape index (κ2) is 9.04. The molecule has 0 atom stereocenters. The third-order valence-corrected chi connectivity index (χ3v) is 5.35. The third kappa shape index (κ3) is 4.48. The van der Waals surface area contributed by atoms with E-state index in [2.05, 4.69) is 5.32 Å². The van der Waals surface area contributed by atoms with E-state index in [1.165, 1.54) is 18.2 Å². The first-order valence-corrected chi connectivity index (χ1v) is 10.4. The summed E-state index contributed by atoms with van der Waals surface area (Å²) in [6.45, 7) is 0. The van der Waals surface area contributed by atoms with Gasteiger partial charge in [-0.2, -0.15) is 0 Å². The number of nitrogens with zero attached hydrogens (tertiary/aromatic N) is 1. The van der Waals surface area contributed by atoms with Crippen LogP contribution in [-0.4, -0.2) is 17.8 Å². The molecule has 0 aromatic heterocycles. The second-order valence-electron chi connectivity index (χ2n) is 6.66. The zero-order chi connectivity index (χ0) is 22.8. The summed E-state index contributed by atoms with van der Waals surface area (Å²) in [5.74, 6) is -1.51. The van der Waals surface area contributed by atoms with Gasteiger partial charge in [0.2, 0.25) is 0 Å². The molecule has 2 amide bonds. The van der Waals surface area contributed by atoms with Crippen LogP contribution in [0.3, 0.4) is 0 Å². The fraction of sp³-hybridized carbons (Fsp3) is 0. The molecule has 0 fully saturated rings. The van der Waals surface area contributed by atoms with Gasteiger partial charge in [0.1, 0.15) is 16.5 Å². The quantitative estimate of drug-likeness (QED) is 0.286. The lowest BCUT2D eigenvalue weighted by Crippen LogP contribution is -2.32. The fourth-order valence-corrected chi connectivity index (χ4v) is 3.49. The Balaban J connectivity index is 1.48. The van der Waals surface area contributed by atoms with Gasteiger partial charge in [-0.15, -0.1) is 0 Å². The topological polar surface area (TPSA) is 75.7 Å². The largest absolute Gasteiger partial charge is 0.423 e. The number of esters is 1. The van der Waals surface area contributed by atoms with Crippen molar-refractivity contribution in [1.29, 1.82) is 0 Å². The predicted molar refractivity (Wildman–Crippen MR) is 123 cm³/mol. The highest BCUT2D eigenvalue weighted by atomic mass is 35.5. The smallest absolute Gasteiger partial charge is 0.343 e. The number of halogens is 3. The van der Waals surface area contributed by atoms with E-state index in [-0.39, 0.29) is 16.3 Å². The second-order valence-corrected chi connectivity index (χ2v) is 7.91. The molecule has 0 bridgehead atoms. The van der Waals surface area contributed by atoms with Gasteiger partial charge in [0, 0.05) is 15.7 Å². The molecule has 4 rings (SSSR count). The number of benzene rings is 3. The maximum absolute atomic E-state index is 12.8. The van der Waals surface area contributed by atoms with Crippen LogP contribution in [-0.2, 0) is 9.59 Å². The highest BCUT2D eigenvalue weighted by Crippen LogP contribution is 2.31. The van der Waals surface area contributed by atoms with Crippen LogP contribution >= 0.6 is 34.8 Å². The van der Waals surface area contributed by atoms with Gasteiger partial charge in [-0.25, -0.2) is 9.69 Å². The molecule has 0 saturated heterocycles. The zero-order valence-corrected chi connectivity index (χ0v) is 18.4. The summed E-state index contributed by atoms with van der Waals surface area (Å²) in [5, 5.41) is 3.52. The van der Waals surface area contributed by atoms with Crippen LogP contribution in [0.1, 0.15) is 10.4 Å². The van der Waals surface area contributed by atoms with E-state index >= 15 is 0 Å². The van der Waals surface area contributed by atoms with Crippen LogP contribution in [0.2, 0.25) is 10.0 Å². The maximum atomic E-state index is 12.8. The third-order valence-electron chi connectivity index (χ3n) is 4.51. The molecule has 160 valence electrons. The summed E-state index contributed by atoms with van der Waals surface area (Å²) >= 11 is 17.9. The van der Waals surface area contributed by atoms with Gasteiger partial charge in [0.15, 0.2) is 0 Å². The van der Waals surface area contributed by atoms with Crippen LogP contribution < -0.4 is 15.0 Å². The predicted octanol–water partition coefficient (Wildman–Crippen LogP) is 5.65. The van der Waals surface area contributed by atoms with Crippen molar-refractivity contribution < 1.29 is 19.1 Å². The molecule has 0 saturated carbocycles. The average Bonchev–Trinajstić information content (AvgIpc) is 2.98. The maximum Gasteiger partial charge on any atom is 0.343 e. The van der Waals surface area contributed by atoms with E-state index in [4.69, 9.17) is 39.5 Å². The minimum atomic E-state index is -0.650. The van der Waals surface area contributed by atoms with Gasteiger partial charge in [0.05, 0.1) is 11.3 Å². The van der Waals surface area contributed by atoms with E-state index in [1.54, 1.807) is 54.6 Å². The molecule has 0 radical (unpaired) electrons. The first kappa shape index (κ1) is 21.9. The number of hydrogen-bond donors (Lipinski definition) is 1. The standard InChI is InChI=1S/C23H13Cl3N2O4/c24-14-6-10-17(11-7-14)28-21(29)19(26)20(22(28)30)27-16-8-4-13(5-9-16)23(31)32-18-3-1-2-15(25)12-18/h1-12,27H. The van der Waals surface area contributed by atoms with E-state index in [0.717, 1.165) is 4.90 Å². The monoisotopic (exact) mass is 486 g/mol. The summed E-state index contributed by atoms with van der Waals surface area (Å²) in [5.41, 5.74) is 1.02. The highest BCUT2D eigenvalue weighted by molar-refractivity contribution is 6.53. The number of ether oxygens (including phenoxy) is 1. The molecule has 1 heterocycles. The highest BCUT2D eigenvalue weighted by Gasteiger charge is 2.38. The lowest BCUT2D eigenvalue weighted by atomic mass is 10.2. The van der Waals surface area contributed by atoms with Gasteiger partial charge < -0.3 is 10.1 Å². The Hall–Kier alpha value is -3.32. The Morgan fingerprint density at radius 1 is 0.812 bits per heavy atom. The summed E-state index contributed by atoms with van der Waals surface area (Å²) in [4.78, 5) is 38.6. The van der Waals surface area contributed by atoms with Crippen molar-refractivity contribution in [2.45, 2.75) is 0 Å². The summed E-state index contributed by atoms with van der Waals surface area (Å²) in [6, 6.07) is 18.9. The molecule has 0 unspecified atom stereocenters. The minimum absolute atomic E-state index is 0.0686. The molecule has 9 heteroatoms. The molecule has 1 aliphatic rings. The van der Waals surface area contributed by atoms with Crippen molar-refractivity contribution in [3.8, 4) is 5.75 Å². The van der Waals surface area contributed by atoms with E-state index in [9.17, 15) is 14.4 Å². The Bertz CT molecular complexity index is 1250. The lowest BCUT2D eigenvalue weighted by molar-refractivity contribution is -0.120. The normalized spacial score (nSPS) is 13.5. The number of amides is 2. The van der Waals surface area contributed by atoms with Crippen molar-refractivity contribution in [1.82, 2.24) is 0 Å². The first-order valence-electron chi connectivity index (χ1n) is 9.22. The van der Waals surface area contributed by atoms with Gasteiger partial charge in [-0.05, 0) is 66.7 Å². The van der Waals surface area contributed by atoms with Gasteiger partial charge in [-0.1, -0.05) is 40.9 Å². The minimum Gasteiger partial charge on any atom is -0.423 e. The fourth-order valence-electron chi connectivity index (χ4n) is 2.97. The zero-order valence-electron chi connectivity index (χ0n) is 16.1. The molecule has 32 heavy (non-hydrogen) atoms. The molecule has 1 aliphatic heterocycles. The van der Waals surface area contributed by atoms with Crippen LogP contribution in [0.25, 0.3) is 0 Å². The molecule has 3 aromatic carbocycles. The van der Waals surface area contributed by atoms with E-state index < -0.39 is 17.8 Å². The van der Waals surface area contributed by atoms with Gasteiger partial charge in [0.25, 0.3) is 11.8 Å². The van der Waals surface area contributed by atoms with Crippen LogP contribution in [0.15, 0.2) is 83.5 Å². The Morgan fingerprint density at radius 3 is 2.16 bits per heavy atom. The Labute approximate surface area is 197 Å². The molecule has 1 N–H and O–H groups in total. The molecular formula is C23H13Cl3N2O4. The summed E-state index contributed by atoms with van der Waals surface area (Å²) < 4.78 is 5.29. The van der Waals surface area contributed by atoms with Crippen LogP contribution in [0.5, 0.6) is 5.75 Å². The van der Waals surface area contributed by atoms with Crippen molar-refractivity contribution in [2.24, 2.45) is 0 Å². The van der Waals surface area contributed by atoms with Crippen molar-refractivity contribution in [3.63, 3.8) is 0 Å². The average molecular weight is 488 g/mol. The Kier molecular flexibility index (Phi) is 6.19. The number of anilines is 2. The number of imide groups is 1. The van der Waals surface area contributed by atoms with Gasteiger partial charge in [-0.3, -0.25) is 9.59 Å². The molecule has 0 spiro atoms. The van der Waals surface area contributed by atoms with Crippen molar-refractivity contribution in [2.75, 3.05) is 10.2 Å². The van der Waals surface area contributed by atoms with Crippen molar-refractivity contribution in [3.05, 3.63) is 99.1 Å².